The monoisotopic (exact) mass is 194 g/mol. The quantitative estimate of drug-likeness (QED) is 0.607. The molecule has 14 heavy (non-hydrogen) atoms. The number of nitrogens with zero attached hydrogens (tertiary/aromatic N) is 1. The number of benzene rings is 1. The van der Waals surface area contributed by atoms with E-state index in [-0.39, 0.29) is 5.82 Å². The van der Waals surface area contributed by atoms with Gasteiger partial charge in [0.05, 0.1) is 12.2 Å². The molecule has 1 aromatic rings. The summed E-state index contributed by atoms with van der Waals surface area (Å²) in [5.41, 5.74) is 5.93. The summed E-state index contributed by atoms with van der Waals surface area (Å²) in [6.07, 6.45) is 0. The lowest BCUT2D eigenvalue weighted by Gasteiger charge is -2.09. The zero-order valence-corrected chi connectivity index (χ0v) is 7.55. The Morgan fingerprint density at radius 3 is 2.86 bits per heavy atom. The van der Waals surface area contributed by atoms with Crippen molar-refractivity contribution < 1.29 is 4.39 Å². The largest absolute Gasteiger partial charge is 0.353 e. The van der Waals surface area contributed by atoms with Crippen molar-refractivity contribution in [3.8, 4) is 0 Å². The minimum Gasteiger partial charge on any atom is -0.353 e. The normalized spacial score (nSPS) is 14.5. The Morgan fingerprint density at radius 1 is 1.29 bits per heavy atom. The molecule has 74 valence electrons. The number of rotatable bonds is 2. The van der Waals surface area contributed by atoms with Gasteiger partial charge < -0.3 is 5.32 Å². The van der Waals surface area contributed by atoms with Crippen molar-refractivity contribution in [3.63, 3.8) is 0 Å². The Kier molecular flexibility index (Phi) is 2.48. The molecule has 0 saturated heterocycles. The molecule has 2 rings (SSSR count). The number of hydrazine groups is 1. The molecule has 5 heteroatoms. The van der Waals surface area contributed by atoms with Crippen LogP contribution < -0.4 is 16.2 Å². The van der Waals surface area contributed by atoms with Gasteiger partial charge in [0.25, 0.3) is 0 Å². The first-order valence-corrected chi connectivity index (χ1v) is 4.41. The first-order chi connectivity index (χ1) is 6.86. The lowest BCUT2D eigenvalue weighted by Crippen LogP contribution is -2.37. The van der Waals surface area contributed by atoms with E-state index in [0.29, 0.717) is 11.6 Å². The second kappa shape index (κ2) is 3.95. The van der Waals surface area contributed by atoms with Crippen LogP contribution in [0.1, 0.15) is 0 Å². The number of nitrogens with one attached hydrogen (secondary N) is 3. The predicted octanol–water partition coefficient (Wildman–Crippen LogP) is 0.701. The molecule has 1 aliphatic rings. The summed E-state index contributed by atoms with van der Waals surface area (Å²) >= 11 is 0. The smallest absolute Gasteiger partial charge is 0.210 e. The first-order valence-electron chi connectivity index (χ1n) is 4.41. The summed E-state index contributed by atoms with van der Waals surface area (Å²) in [6, 6.07) is 6.45. The summed E-state index contributed by atoms with van der Waals surface area (Å²) in [6.45, 7) is 1.57. The summed E-state index contributed by atoms with van der Waals surface area (Å²) < 4.78 is 13.1. The van der Waals surface area contributed by atoms with Crippen molar-refractivity contribution in [1.82, 2.24) is 10.7 Å². The van der Waals surface area contributed by atoms with Crippen LogP contribution in [0.3, 0.4) is 0 Å². The summed E-state index contributed by atoms with van der Waals surface area (Å²) in [5.74, 6) is 0.354. The van der Waals surface area contributed by atoms with Crippen LogP contribution in [0.25, 0.3) is 0 Å². The van der Waals surface area contributed by atoms with Crippen molar-refractivity contribution >= 4 is 11.6 Å². The van der Waals surface area contributed by atoms with E-state index in [1.165, 1.54) is 6.07 Å². The summed E-state index contributed by atoms with van der Waals surface area (Å²) in [4.78, 5) is 4.09. The minimum absolute atomic E-state index is 0.293. The molecule has 0 unspecified atom stereocenters. The molecule has 1 aromatic carbocycles. The molecule has 3 N–H and O–H groups in total. The average Bonchev–Trinajstić information content (AvgIpc) is 2.69. The Balaban J connectivity index is 1.94. The van der Waals surface area contributed by atoms with E-state index in [9.17, 15) is 4.39 Å². The number of anilines is 1. The maximum atomic E-state index is 13.1. The number of hydrogen-bond donors (Lipinski definition) is 3. The Labute approximate surface area is 81.2 Å². The lowest BCUT2D eigenvalue weighted by atomic mass is 10.3. The third kappa shape index (κ3) is 1.93. The number of aliphatic imine (C=N–C) groups is 1. The molecule has 0 bridgehead atoms. The van der Waals surface area contributed by atoms with Crippen LogP contribution >= 0.6 is 0 Å². The molecule has 0 aromatic heterocycles. The molecule has 1 heterocycles. The van der Waals surface area contributed by atoms with Gasteiger partial charge in [0.2, 0.25) is 5.96 Å². The lowest BCUT2D eigenvalue weighted by molar-refractivity contribution is 0.629. The molecule has 0 fully saturated rings. The third-order valence-corrected chi connectivity index (χ3v) is 1.86. The van der Waals surface area contributed by atoms with Gasteiger partial charge in [-0.3, -0.25) is 15.8 Å². The fourth-order valence-electron chi connectivity index (χ4n) is 1.17. The molecule has 0 saturated carbocycles. The zero-order chi connectivity index (χ0) is 9.80. The van der Waals surface area contributed by atoms with Crippen LogP contribution in [0.4, 0.5) is 10.1 Å². The topological polar surface area (TPSA) is 48.5 Å². The first kappa shape index (κ1) is 8.80. The van der Waals surface area contributed by atoms with Crippen LogP contribution in [0, 0.1) is 5.82 Å². The Hall–Kier alpha value is -1.78. The van der Waals surface area contributed by atoms with E-state index in [1.54, 1.807) is 18.2 Å². The molecule has 0 amide bonds. The zero-order valence-electron chi connectivity index (χ0n) is 7.55. The molecular weight excluding hydrogens is 183 g/mol. The number of guanidine groups is 1. The fourth-order valence-corrected chi connectivity index (χ4v) is 1.17. The highest BCUT2D eigenvalue weighted by atomic mass is 19.1. The Morgan fingerprint density at radius 2 is 2.14 bits per heavy atom. The second-order valence-corrected chi connectivity index (χ2v) is 2.89. The standard InChI is InChI=1S/C9H11FN4/c10-7-3-1-2-4-8(7)13-14-9-11-5-6-12-9/h1-4,13H,5-6H2,(H2,11,12,14). The second-order valence-electron chi connectivity index (χ2n) is 2.89. The highest BCUT2D eigenvalue weighted by molar-refractivity contribution is 5.82. The van der Waals surface area contributed by atoms with Crippen LogP contribution in [-0.4, -0.2) is 19.0 Å². The van der Waals surface area contributed by atoms with Gasteiger partial charge in [0.1, 0.15) is 5.82 Å². The van der Waals surface area contributed by atoms with Crippen LogP contribution in [0.2, 0.25) is 0 Å². The predicted molar refractivity (Wildman–Crippen MR) is 53.5 cm³/mol. The van der Waals surface area contributed by atoms with Gasteiger partial charge in [-0.2, -0.15) is 0 Å². The summed E-state index contributed by atoms with van der Waals surface area (Å²) in [7, 11) is 0. The van der Waals surface area contributed by atoms with Crippen molar-refractivity contribution in [2.45, 2.75) is 0 Å². The van der Waals surface area contributed by atoms with E-state index >= 15 is 0 Å². The number of para-hydroxylation sites is 1. The Bertz CT molecular complexity index is 350. The van der Waals surface area contributed by atoms with Gasteiger partial charge in [-0.25, -0.2) is 4.39 Å². The van der Waals surface area contributed by atoms with Gasteiger partial charge >= 0.3 is 0 Å². The van der Waals surface area contributed by atoms with E-state index < -0.39 is 0 Å². The van der Waals surface area contributed by atoms with E-state index in [2.05, 4.69) is 21.2 Å². The molecule has 0 spiro atoms. The van der Waals surface area contributed by atoms with E-state index in [4.69, 9.17) is 0 Å². The summed E-state index contributed by atoms with van der Waals surface area (Å²) in [5, 5.41) is 3.00. The highest BCUT2D eigenvalue weighted by Crippen LogP contribution is 2.10. The number of hydrogen-bond acceptors (Lipinski definition) is 4. The van der Waals surface area contributed by atoms with Gasteiger partial charge in [0.15, 0.2) is 0 Å². The fraction of sp³-hybridized carbons (Fsp3) is 0.222. The average molecular weight is 194 g/mol. The molecule has 0 aliphatic carbocycles. The highest BCUT2D eigenvalue weighted by Gasteiger charge is 2.04. The SMILES string of the molecule is Fc1ccccc1NNC1=NCCN1. The van der Waals surface area contributed by atoms with Crippen LogP contribution in [-0.2, 0) is 0 Å². The molecular formula is C9H11FN4. The van der Waals surface area contributed by atoms with Gasteiger partial charge in [-0.15, -0.1) is 0 Å². The van der Waals surface area contributed by atoms with Crippen molar-refractivity contribution in [3.05, 3.63) is 30.1 Å². The van der Waals surface area contributed by atoms with E-state index in [0.717, 1.165) is 13.1 Å². The van der Waals surface area contributed by atoms with E-state index in [1.807, 2.05) is 0 Å². The van der Waals surface area contributed by atoms with Crippen molar-refractivity contribution in [2.24, 2.45) is 4.99 Å². The van der Waals surface area contributed by atoms with Crippen LogP contribution in [0.15, 0.2) is 29.3 Å². The third-order valence-electron chi connectivity index (χ3n) is 1.86. The maximum absolute atomic E-state index is 13.1. The molecule has 0 radical (unpaired) electrons. The molecule has 0 atom stereocenters. The van der Waals surface area contributed by atoms with Crippen LogP contribution in [0.5, 0.6) is 0 Å². The van der Waals surface area contributed by atoms with Gasteiger partial charge in [0, 0.05) is 6.54 Å². The van der Waals surface area contributed by atoms with Crippen molar-refractivity contribution in [1.29, 1.82) is 0 Å². The van der Waals surface area contributed by atoms with Gasteiger partial charge in [-0.1, -0.05) is 12.1 Å². The minimum atomic E-state index is -0.293. The maximum Gasteiger partial charge on any atom is 0.210 e. The number of halogens is 1. The van der Waals surface area contributed by atoms with Crippen molar-refractivity contribution in [2.75, 3.05) is 18.5 Å². The molecule has 1 aliphatic heterocycles. The van der Waals surface area contributed by atoms with Gasteiger partial charge in [-0.05, 0) is 12.1 Å². The molecule has 4 nitrogen and oxygen atoms in total.